The van der Waals surface area contributed by atoms with Crippen LogP contribution < -0.4 is 10.1 Å². The Morgan fingerprint density at radius 2 is 1.90 bits per heavy atom. The van der Waals surface area contributed by atoms with Gasteiger partial charge in [-0.15, -0.1) is 0 Å². The molecule has 2 rings (SSSR count). The maximum Gasteiger partial charge on any atom is 0.122 e. The summed E-state index contributed by atoms with van der Waals surface area (Å²) in [5.74, 6) is 0.874. The van der Waals surface area contributed by atoms with Gasteiger partial charge in [0.2, 0.25) is 0 Å². The van der Waals surface area contributed by atoms with E-state index >= 15 is 0 Å². The maximum atomic E-state index is 6.12. The van der Waals surface area contributed by atoms with E-state index in [9.17, 15) is 0 Å². The van der Waals surface area contributed by atoms with Crippen molar-refractivity contribution in [3.8, 4) is 5.75 Å². The lowest BCUT2D eigenvalue weighted by Gasteiger charge is -2.20. The monoisotopic (exact) mass is 367 g/mol. The summed E-state index contributed by atoms with van der Waals surface area (Å²) in [5, 5.41) is 4.26. The molecule has 0 amide bonds. The minimum Gasteiger partial charge on any atom is -0.496 e. The molecule has 0 saturated heterocycles. The number of likely N-dealkylation sites (N-methyl/N-ethyl adjacent to an activating group) is 1. The molecule has 0 aromatic heterocycles. The lowest BCUT2D eigenvalue weighted by atomic mass is 9.98. The van der Waals surface area contributed by atoms with E-state index in [4.69, 9.17) is 16.3 Å². The number of rotatable bonds is 6. The van der Waals surface area contributed by atoms with Crippen molar-refractivity contribution in [2.24, 2.45) is 0 Å². The van der Waals surface area contributed by atoms with E-state index in [-0.39, 0.29) is 6.04 Å². The van der Waals surface area contributed by atoms with Crippen LogP contribution in [0.5, 0.6) is 5.75 Å². The predicted octanol–water partition coefficient (Wildman–Crippen LogP) is 5.00. The van der Waals surface area contributed by atoms with Gasteiger partial charge in [0.15, 0.2) is 0 Å². The van der Waals surface area contributed by atoms with E-state index in [0.717, 1.165) is 33.8 Å². The van der Waals surface area contributed by atoms with Crippen LogP contribution in [0.3, 0.4) is 0 Å². The number of nitrogens with one attached hydrogen (secondary N) is 1. The van der Waals surface area contributed by atoms with E-state index in [0.29, 0.717) is 0 Å². The molecule has 112 valence electrons. The Kier molecular flexibility index (Phi) is 6.09. The fourth-order valence-electron chi connectivity index (χ4n) is 2.38. The normalized spacial score (nSPS) is 12.2. The molecule has 0 saturated carbocycles. The highest BCUT2D eigenvalue weighted by molar-refractivity contribution is 9.10. The van der Waals surface area contributed by atoms with Gasteiger partial charge in [0.25, 0.3) is 0 Å². The van der Waals surface area contributed by atoms with E-state index in [1.54, 1.807) is 7.11 Å². The van der Waals surface area contributed by atoms with E-state index in [2.05, 4.69) is 52.4 Å². The number of methoxy groups -OCH3 is 1. The van der Waals surface area contributed by atoms with Gasteiger partial charge in [0.05, 0.1) is 7.11 Å². The summed E-state index contributed by atoms with van der Waals surface area (Å²) >= 11 is 9.59. The molecule has 0 bridgehead atoms. The van der Waals surface area contributed by atoms with E-state index in [1.807, 2.05) is 18.2 Å². The van der Waals surface area contributed by atoms with Gasteiger partial charge in [-0.3, -0.25) is 0 Å². The van der Waals surface area contributed by atoms with Crippen LogP contribution in [0, 0.1) is 0 Å². The molecule has 2 nitrogen and oxygen atoms in total. The van der Waals surface area contributed by atoms with Crippen LogP contribution in [-0.4, -0.2) is 13.7 Å². The number of hydrogen-bond acceptors (Lipinski definition) is 2. The molecule has 2 aromatic rings. The molecule has 0 aliphatic rings. The first-order valence-electron chi connectivity index (χ1n) is 6.95. The second-order valence-electron chi connectivity index (χ2n) is 4.82. The molecule has 0 fully saturated rings. The Hall–Kier alpha value is -1.03. The van der Waals surface area contributed by atoms with Crippen molar-refractivity contribution in [2.45, 2.75) is 19.4 Å². The van der Waals surface area contributed by atoms with Crippen molar-refractivity contribution < 1.29 is 4.74 Å². The fraction of sp³-hybridized carbons (Fsp3) is 0.294. The molecule has 1 atom stereocenters. The Morgan fingerprint density at radius 1 is 1.19 bits per heavy atom. The summed E-state index contributed by atoms with van der Waals surface area (Å²) in [6.07, 6.45) is 0.833. The zero-order chi connectivity index (χ0) is 15.2. The molecule has 0 radical (unpaired) electrons. The topological polar surface area (TPSA) is 21.3 Å². The number of halogens is 2. The van der Waals surface area contributed by atoms with Crippen molar-refractivity contribution in [3.63, 3.8) is 0 Å². The zero-order valence-electron chi connectivity index (χ0n) is 12.2. The summed E-state index contributed by atoms with van der Waals surface area (Å²) in [6.45, 7) is 3.02. The van der Waals surface area contributed by atoms with Crippen LogP contribution in [0.4, 0.5) is 0 Å². The lowest BCUT2D eigenvalue weighted by Crippen LogP contribution is -2.23. The third-order valence-corrected chi connectivity index (χ3v) is 4.15. The van der Waals surface area contributed by atoms with Crippen LogP contribution in [-0.2, 0) is 6.42 Å². The summed E-state index contributed by atoms with van der Waals surface area (Å²) in [5.41, 5.74) is 2.36. The van der Waals surface area contributed by atoms with Crippen molar-refractivity contribution in [1.82, 2.24) is 5.32 Å². The molecule has 4 heteroatoms. The molecule has 1 unspecified atom stereocenters. The van der Waals surface area contributed by atoms with Gasteiger partial charge < -0.3 is 10.1 Å². The van der Waals surface area contributed by atoms with E-state index in [1.165, 1.54) is 5.56 Å². The summed E-state index contributed by atoms with van der Waals surface area (Å²) < 4.78 is 6.53. The molecule has 0 aliphatic carbocycles. The molecule has 0 aliphatic heterocycles. The van der Waals surface area contributed by atoms with Crippen molar-refractivity contribution in [1.29, 1.82) is 0 Å². The standard InChI is InChI=1S/C17H19BrClNO/c1-3-20-16(12-4-6-14(18)7-5-12)11-13-10-15(19)8-9-17(13)21-2/h4-10,16,20H,3,11H2,1-2H3. The molecule has 21 heavy (non-hydrogen) atoms. The minimum absolute atomic E-state index is 0.232. The van der Waals surface area contributed by atoms with Crippen LogP contribution in [0.1, 0.15) is 24.1 Å². The Morgan fingerprint density at radius 3 is 2.52 bits per heavy atom. The second kappa shape index (κ2) is 7.83. The number of benzene rings is 2. The fourth-order valence-corrected chi connectivity index (χ4v) is 2.83. The van der Waals surface area contributed by atoms with Crippen LogP contribution in [0.15, 0.2) is 46.9 Å². The van der Waals surface area contributed by atoms with Gasteiger partial charge in [-0.05, 0) is 54.4 Å². The number of hydrogen-bond donors (Lipinski definition) is 1. The van der Waals surface area contributed by atoms with Crippen molar-refractivity contribution in [2.75, 3.05) is 13.7 Å². The average molecular weight is 369 g/mol. The first kappa shape index (κ1) is 16.3. The molecule has 2 aromatic carbocycles. The van der Waals surface area contributed by atoms with Gasteiger partial charge in [0.1, 0.15) is 5.75 Å². The SMILES string of the molecule is CCNC(Cc1cc(Cl)ccc1OC)c1ccc(Br)cc1. The highest BCUT2D eigenvalue weighted by atomic mass is 79.9. The average Bonchev–Trinajstić information content (AvgIpc) is 2.48. The first-order chi connectivity index (χ1) is 10.1. The van der Waals surface area contributed by atoms with E-state index < -0.39 is 0 Å². The highest BCUT2D eigenvalue weighted by Crippen LogP contribution is 2.28. The summed E-state index contributed by atoms with van der Waals surface area (Å²) in [6, 6.07) is 14.4. The van der Waals surface area contributed by atoms with Crippen LogP contribution in [0.25, 0.3) is 0 Å². The smallest absolute Gasteiger partial charge is 0.122 e. The van der Waals surface area contributed by atoms with Gasteiger partial charge in [0, 0.05) is 15.5 Å². The van der Waals surface area contributed by atoms with Crippen molar-refractivity contribution in [3.05, 3.63) is 63.1 Å². The van der Waals surface area contributed by atoms with Gasteiger partial charge in [-0.25, -0.2) is 0 Å². The molecular formula is C17H19BrClNO. The predicted molar refractivity (Wildman–Crippen MR) is 92.3 cm³/mol. The minimum atomic E-state index is 0.232. The highest BCUT2D eigenvalue weighted by Gasteiger charge is 2.14. The first-order valence-corrected chi connectivity index (χ1v) is 8.12. The summed E-state index contributed by atoms with van der Waals surface area (Å²) in [7, 11) is 1.69. The second-order valence-corrected chi connectivity index (χ2v) is 6.17. The molecular weight excluding hydrogens is 350 g/mol. The Balaban J connectivity index is 2.27. The summed E-state index contributed by atoms with van der Waals surface area (Å²) in [4.78, 5) is 0. The zero-order valence-corrected chi connectivity index (χ0v) is 14.5. The Bertz CT molecular complexity index is 586. The third-order valence-electron chi connectivity index (χ3n) is 3.39. The molecule has 0 spiro atoms. The largest absolute Gasteiger partial charge is 0.496 e. The van der Waals surface area contributed by atoms with Crippen LogP contribution in [0.2, 0.25) is 5.02 Å². The molecule has 1 N–H and O–H groups in total. The number of ether oxygens (including phenoxy) is 1. The Labute approximate surface area is 139 Å². The van der Waals surface area contributed by atoms with Gasteiger partial charge in [-0.2, -0.15) is 0 Å². The maximum absolute atomic E-state index is 6.12. The lowest BCUT2D eigenvalue weighted by molar-refractivity contribution is 0.405. The molecule has 0 heterocycles. The van der Waals surface area contributed by atoms with Gasteiger partial charge in [-0.1, -0.05) is 46.6 Å². The third kappa shape index (κ3) is 4.47. The quantitative estimate of drug-likeness (QED) is 0.774. The van der Waals surface area contributed by atoms with Crippen molar-refractivity contribution >= 4 is 27.5 Å². The van der Waals surface area contributed by atoms with Crippen LogP contribution >= 0.6 is 27.5 Å². The van der Waals surface area contributed by atoms with Gasteiger partial charge >= 0.3 is 0 Å².